The highest BCUT2D eigenvalue weighted by atomic mass is 35.5. The number of methoxy groups -OCH3 is 1. The second-order valence-electron chi connectivity index (χ2n) is 4.27. The molecule has 0 unspecified atom stereocenters. The molecule has 0 fully saturated rings. The summed E-state index contributed by atoms with van der Waals surface area (Å²) < 4.78 is 4.97. The lowest BCUT2D eigenvalue weighted by molar-refractivity contribution is 0.373. The number of nitrogens with zero attached hydrogens (tertiary/aromatic N) is 1. The van der Waals surface area contributed by atoms with Gasteiger partial charge in [-0.15, -0.1) is 0 Å². The van der Waals surface area contributed by atoms with Crippen LogP contribution in [0.5, 0.6) is 11.5 Å². The Morgan fingerprint density at radius 1 is 1.25 bits per heavy atom. The Labute approximate surface area is 122 Å². The van der Waals surface area contributed by atoms with Crippen LogP contribution in [0, 0.1) is 6.92 Å². The van der Waals surface area contributed by atoms with E-state index >= 15 is 0 Å². The average Bonchev–Trinajstić information content (AvgIpc) is 2.43. The topological polar surface area (TPSA) is 53.8 Å². The number of hydrazone groups is 1. The lowest BCUT2D eigenvalue weighted by atomic mass is 10.2. The fraction of sp³-hybridized carbons (Fsp3) is 0.133. The van der Waals surface area contributed by atoms with Crippen molar-refractivity contribution in [3.8, 4) is 11.5 Å². The van der Waals surface area contributed by atoms with E-state index in [1.807, 2.05) is 19.1 Å². The minimum atomic E-state index is 0.0785. The lowest BCUT2D eigenvalue weighted by Gasteiger charge is -2.04. The molecule has 5 heteroatoms. The van der Waals surface area contributed by atoms with E-state index in [4.69, 9.17) is 16.3 Å². The summed E-state index contributed by atoms with van der Waals surface area (Å²) in [5, 5.41) is 14.4. The van der Waals surface area contributed by atoms with E-state index in [2.05, 4.69) is 10.5 Å². The zero-order chi connectivity index (χ0) is 14.5. The van der Waals surface area contributed by atoms with Crippen LogP contribution in [0.25, 0.3) is 0 Å². The largest absolute Gasteiger partial charge is 0.504 e. The van der Waals surface area contributed by atoms with Crippen LogP contribution >= 0.6 is 11.6 Å². The zero-order valence-corrected chi connectivity index (χ0v) is 12.0. The number of phenolic OH excluding ortho intramolecular Hbond substituents is 1. The molecule has 0 atom stereocenters. The number of rotatable bonds is 4. The third-order valence-corrected chi connectivity index (χ3v) is 3.19. The van der Waals surface area contributed by atoms with Gasteiger partial charge in [-0.1, -0.05) is 17.7 Å². The van der Waals surface area contributed by atoms with Gasteiger partial charge in [-0.05, 0) is 48.4 Å². The summed E-state index contributed by atoms with van der Waals surface area (Å²) in [6, 6.07) is 10.7. The van der Waals surface area contributed by atoms with E-state index in [0.717, 1.165) is 16.8 Å². The van der Waals surface area contributed by atoms with Crippen molar-refractivity contribution in [3.63, 3.8) is 0 Å². The second-order valence-corrected chi connectivity index (χ2v) is 4.67. The molecule has 2 aromatic carbocycles. The number of ether oxygens (including phenoxy) is 1. The Bertz CT molecular complexity index is 642. The lowest BCUT2D eigenvalue weighted by Crippen LogP contribution is -1.92. The molecule has 0 saturated heterocycles. The van der Waals surface area contributed by atoms with Crippen molar-refractivity contribution in [1.29, 1.82) is 0 Å². The molecule has 0 aliphatic heterocycles. The molecule has 4 nitrogen and oxygen atoms in total. The molecule has 0 aliphatic carbocycles. The van der Waals surface area contributed by atoms with Crippen LogP contribution in [0.15, 0.2) is 41.5 Å². The molecule has 0 saturated carbocycles. The number of phenols is 1. The van der Waals surface area contributed by atoms with Gasteiger partial charge in [0, 0.05) is 5.02 Å². The minimum Gasteiger partial charge on any atom is -0.504 e. The van der Waals surface area contributed by atoms with Crippen LogP contribution in [0.4, 0.5) is 5.69 Å². The van der Waals surface area contributed by atoms with Crippen molar-refractivity contribution >= 4 is 23.5 Å². The summed E-state index contributed by atoms with van der Waals surface area (Å²) in [6.45, 7) is 1.94. The van der Waals surface area contributed by atoms with Gasteiger partial charge in [-0.3, -0.25) is 5.43 Å². The molecule has 0 amide bonds. The van der Waals surface area contributed by atoms with Gasteiger partial charge in [-0.2, -0.15) is 5.10 Å². The number of benzene rings is 2. The van der Waals surface area contributed by atoms with E-state index in [-0.39, 0.29) is 5.75 Å². The molecule has 20 heavy (non-hydrogen) atoms. The molecule has 0 heterocycles. The Kier molecular flexibility index (Phi) is 4.48. The van der Waals surface area contributed by atoms with Crippen LogP contribution < -0.4 is 10.2 Å². The first kappa shape index (κ1) is 14.2. The summed E-state index contributed by atoms with van der Waals surface area (Å²) in [6.07, 6.45) is 1.60. The molecule has 0 aliphatic rings. The van der Waals surface area contributed by atoms with Crippen molar-refractivity contribution in [3.05, 3.63) is 52.5 Å². The summed E-state index contributed by atoms with van der Waals surface area (Å²) in [5.41, 5.74) is 5.46. The quantitative estimate of drug-likeness (QED) is 0.665. The number of hydrogen-bond acceptors (Lipinski definition) is 4. The van der Waals surface area contributed by atoms with Crippen LogP contribution in [0.1, 0.15) is 11.1 Å². The number of hydrogen-bond donors (Lipinski definition) is 2. The molecule has 0 aromatic heterocycles. The highest BCUT2D eigenvalue weighted by Crippen LogP contribution is 2.25. The van der Waals surface area contributed by atoms with Crippen LogP contribution in [-0.4, -0.2) is 18.4 Å². The normalized spacial score (nSPS) is 10.8. The Morgan fingerprint density at radius 3 is 2.70 bits per heavy atom. The average molecular weight is 291 g/mol. The number of aromatic hydroxyl groups is 1. The number of aryl methyl sites for hydroxylation is 1. The van der Waals surface area contributed by atoms with Crippen LogP contribution in [-0.2, 0) is 0 Å². The van der Waals surface area contributed by atoms with Gasteiger partial charge in [-0.25, -0.2) is 0 Å². The van der Waals surface area contributed by atoms with Gasteiger partial charge in [0.05, 0.1) is 19.0 Å². The van der Waals surface area contributed by atoms with E-state index in [1.54, 1.807) is 30.5 Å². The van der Waals surface area contributed by atoms with Crippen molar-refractivity contribution in [1.82, 2.24) is 0 Å². The van der Waals surface area contributed by atoms with Gasteiger partial charge >= 0.3 is 0 Å². The first-order chi connectivity index (χ1) is 9.60. The third kappa shape index (κ3) is 3.42. The Hall–Kier alpha value is -2.20. The molecule has 0 bridgehead atoms. The van der Waals surface area contributed by atoms with Gasteiger partial charge < -0.3 is 9.84 Å². The SMILES string of the molecule is COc1ccc(/C=N/Nc2ccc(C)c(Cl)c2)cc1O. The molecule has 0 spiro atoms. The molecule has 0 radical (unpaired) electrons. The summed E-state index contributed by atoms with van der Waals surface area (Å²) in [5.74, 6) is 0.509. The highest BCUT2D eigenvalue weighted by Gasteiger charge is 2.00. The Balaban J connectivity index is 2.06. The van der Waals surface area contributed by atoms with E-state index in [9.17, 15) is 5.11 Å². The maximum Gasteiger partial charge on any atom is 0.160 e. The fourth-order valence-corrected chi connectivity index (χ4v) is 1.81. The van der Waals surface area contributed by atoms with Gasteiger partial charge in [0.2, 0.25) is 0 Å². The predicted molar refractivity (Wildman–Crippen MR) is 82.1 cm³/mol. The standard InChI is InChI=1S/C15H15ClN2O2/c1-10-3-5-12(8-13(10)16)18-17-9-11-4-6-15(20-2)14(19)7-11/h3-9,18-19H,1-2H3/b17-9+. The molecular formula is C15H15ClN2O2. The van der Waals surface area contributed by atoms with E-state index < -0.39 is 0 Å². The number of nitrogens with one attached hydrogen (secondary N) is 1. The minimum absolute atomic E-state index is 0.0785. The number of anilines is 1. The maximum absolute atomic E-state index is 9.65. The zero-order valence-electron chi connectivity index (χ0n) is 11.2. The van der Waals surface area contributed by atoms with Crippen LogP contribution in [0.2, 0.25) is 5.02 Å². The second kappa shape index (κ2) is 6.30. The van der Waals surface area contributed by atoms with Gasteiger partial charge in [0.15, 0.2) is 11.5 Å². The summed E-state index contributed by atoms with van der Waals surface area (Å²) in [7, 11) is 1.51. The van der Waals surface area contributed by atoms with Gasteiger partial charge in [0.1, 0.15) is 0 Å². The van der Waals surface area contributed by atoms with Crippen molar-refractivity contribution in [2.75, 3.05) is 12.5 Å². The monoisotopic (exact) mass is 290 g/mol. The summed E-state index contributed by atoms with van der Waals surface area (Å²) in [4.78, 5) is 0. The smallest absolute Gasteiger partial charge is 0.160 e. The first-order valence-corrected chi connectivity index (χ1v) is 6.40. The predicted octanol–water partition coefficient (Wildman–Crippen LogP) is 3.81. The first-order valence-electron chi connectivity index (χ1n) is 6.02. The number of halogens is 1. The molecule has 104 valence electrons. The van der Waals surface area contributed by atoms with E-state index in [0.29, 0.717) is 10.8 Å². The summed E-state index contributed by atoms with van der Waals surface area (Å²) >= 11 is 6.03. The fourth-order valence-electron chi connectivity index (χ4n) is 1.63. The van der Waals surface area contributed by atoms with Crippen molar-refractivity contribution in [2.24, 2.45) is 5.10 Å². The third-order valence-electron chi connectivity index (χ3n) is 2.78. The Morgan fingerprint density at radius 2 is 2.05 bits per heavy atom. The highest BCUT2D eigenvalue weighted by molar-refractivity contribution is 6.31. The van der Waals surface area contributed by atoms with Crippen molar-refractivity contribution in [2.45, 2.75) is 6.92 Å². The van der Waals surface area contributed by atoms with Crippen molar-refractivity contribution < 1.29 is 9.84 Å². The molecule has 2 rings (SSSR count). The molecule has 2 N–H and O–H groups in total. The molecule has 2 aromatic rings. The maximum atomic E-state index is 9.65. The van der Waals surface area contributed by atoms with Gasteiger partial charge in [0.25, 0.3) is 0 Å². The molecular weight excluding hydrogens is 276 g/mol. The van der Waals surface area contributed by atoms with E-state index in [1.165, 1.54) is 7.11 Å². The van der Waals surface area contributed by atoms with Crippen LogP contribution in [0.3, 0.4) is 0 Å².